The van der Waals surface area contributed by atoms with Crippen molar-refractivity contribution in [3.63, 3.8) is 0 Å². The molecule has 0 bridgehead atoms. The lowest BCUT2D eigenvalue weighted by Crippen LogP contribution is -2.42. The molecule has 1 heterocycles. The maximum Gasteiger partial charge on any atom is 0.169 e. The summed E-state index contributed by atoms with van der Waals surface area (Å²) in [7, 11) is 0. The van der Waals surface area contributed by atoms with E-state index in [0.29, 0.717) is 5.78 Å². The minimum Gasteiger partial charge on any atom is -0.487 e. The fraction of sp³-hybridized carbons (Fsp3) is 0.844. The van der Waals surface area contributed by atoms with E-state index in [9.17, 15) is 4.79 Å². The first kappa shape index (κ1) is 29.2. The Labute approximate surface area is 212 Å². The minimum atomic E-state index is -0.366. The lowest BCUT2D eigenvalue weighted by molar-refractivity contribution is -0.124. The van der Waals surface area contributed by atoms with E-state index in [2.05, 4.69) is 55.4 Å². The molecule has 4 atom stereocenters. The highest BCUT2D eigenvalue weighted by molar-refractivity contribution is 6.04. The molecule has 2 nitrogen and oxygen atoms in total. The highest BCUT2D eigenvalue weighted by Crippen LogP contribution is 2.51. The maximum absolute atomic E-state index is 13.2. The largest absolute Gasteiger partial charge is 0.487 e. The van der Waals surface area contributed by atoms with Crippen LogP contribution in [-0.4, -0.2) is 11.4 Å². The van der Waals surface area contributed by atoms with Gasteiger partial charge in [-0.15, -0.1) is 0 Å². The molecular formula is C32H56O2. The molecule has 2 heteroatoms. The Kier molecular flexibility index (Phi) is 11.0. The van der Waals surface area contributed by atoms with E-state index in [-0.39, 0.29) is 11.0 Å². The Hall–Kier alpha value is -1.05. The van der Waals surface area contributed by atoms with E-state index in [4.69, 9.17) is 4.74 Å². The van der Waals surface area contributed by atoms with Crippen molar-refractivity contribution in [3.05, 3.63) is 22.5 Å². The van der Waals surface area contributed by atoms with E-state index in [1.807, 2.05) is 6.92 Å². The number of carbonyl (C=O) groups excluding carboxylic acids is 1. The molecule has 1 unspecified atom stereocenters. The minimum absolute atomic E-state index is 0.0987. The molecule has 0 radical (unpaired) electrons. The van der Waals surface area contributed by atoms with Gasteiger partial charge < -0.3 is 4.74 Å². The predicted octanol–water partition coefficient (Wildman–Crippen LogP) is 9.97. The van der Waals surface area contributed by atoms with Gasteiger partial charge in [0.05, 0.1) is 5.41 Å². The number of ketones is 1. The van der Waals surface area contributed by atoms with Gasteiger partial charge in [0.1, 0.15) is 11.4 Å². The van der Waals surface area contributed by atoms with Crippen molar-refractivity contribution < 1.29 is 9.53 Å². The second-order valence-corrected chi connectivity index (χ2v) is 12.9. The number of hydrogen-bond donors (Lipinski definition) is 0. The summed E-state index contributed by atoms with van der Waals surface area (Å²) in [6.45, 7) is 20.3. The van der Waals surface area contributed by atoms with Crippen LogP contribution in [0.2, 0.25) is 0 Å². The van der Waals surface area contributed by atoms with E-state index in [1.165, 1.54) is 56.9 Å². The van der Waals surface area contributed by atoms with Gasteiger partial charge in [-0.05, 0) is 94.3 Å². The number of allylic oxidation sites excluding steroid dienone is 3. The molecule has 0 saturated carbocycles. The fourth-order valence-corrected chi connectivity index (χ4v) is 6.33. The highest BCUT2D eigenvalue weighted by atomic mass is 16.5. The standard InChI is InChI=1S/C32H56O2/c1-10-20-32(9)28-19-22-31(8,34-29(28)26(6)27(7)30(32)33)21-13-18-25(5)17-12-16-24(4)15-11-14-23(2)3/h23-25H,10-22H2,1-9H3/t24-,25-,31-,32?/m1/s1. The third kappa shape index (κ3) is 7.47. The smallest absolute Gasteiger partial charge is 0.169 e. The quantitative estimate of drug-likeness (QED) is 0.251. The van der Waals surface area contributed by atoms with Crippen LogP contribution in [0.15, 0.2) is 22.5 Å². The second kappa shape index (κ2) is 12.8. The summed E-state index contributed by atoms with van der Waals surface area (Å²) in [5.41, 5.74) is 2.80. The van der Waals surface area contributed by atoms with Crippen LogP contribution in [0.25, 0.3) is 0 Å². The van der Waals surface area contributed by atoms with Crippen LogP contribution in [0.4, 0.5) is 0 Å². The van der Waals surface area contributed by atoms with Crippen LogP contribution in [0.3, 0.4) is 0 Å². The molecular weight excluding hydrogens is 416 g/mol. The lowest BCUT2D eigenvalue weighted by atomic mass is 9.65. The molecule has 34 heavy (non-hydrogen) atoms. The van der Waals surface area contributed by atoms with Crippen LogP contribution in [0.5, 0.6) is 0 Å². The normalized spacial score (nSPS) is 27.2. The third-order valence-electron chi connectivity index (χ3n) is 8.96. The molecule has 0 aromatic heterocycles. The molecule has 0 fully saturated rings. The maximum atomic E-state index is 13.2. The number of Topliss-reactive ketones (excluding diaryl/α,β-unsaturated/α-hetero) is 1. The lowest BCUT2D eigenvalue weighted by Gasteiger charge is -2.45. The number of ether oxygens (including phenoxy) is 1. The molecule has 1 aliphatic carbocycles. The van der Waals surface area contributed by atoms with Crippen LogP contribution < -0.4 is 0 Å². The first-order valence-electron chi connectivity index (χ1n) is 14.6. The van der Waals surface area contributed by atoms with Gasteiger partial charge in [0, 0.05) is 0 Å². The molecule has 1 aliphatic heterocycles. The Bertz CT molecular complexity index is 742. The van der Waals surface area contributed by atoms with Gasteiger partial charge in [0.2, 0.25) is 0 Å². The van der Waals surface area contributed by atoms with Crippen molar-refractivity contribution in [1.29, 1.82) is 0 Å². The molecule has 0 spiro atoms. The van der Waals surface area contributed by atoms with Gasteiger partial charge >= 0.3 is 0 Å². The van der Waals surface area contributed by atoms with Gasteiger partial charge in [0.25, 0.3) is 0 Å². The van der Waals surface area contributed by atoms with Crippen LogP contribution in [0, 0.1) is 23.2 Å². The SMILES string of the molecule is CCCC1(C)C(=O)C(C)=C(C)C2=C1CC[C@@](C)(CCC[C@H](C)CCC[C@H](C)CCCC(C)C)O2. The molecule has 0 aromatic rings. The summed E-state index contributed by atoms with van der Waals surface area (Å²) >= 11 is 0. The predicted molar refractivity (Wildman–Crippen MR) is 147 cm³/mol. The summed E-state index contributed by atoms with van der Waals surface area (Å²) in [5.74, 6) is 3.90. The van der Waals surface area contributed by atoms with Crippen molar-refractivity contribution >= 4 is 5.78 Å². The van der Waals surface area contributed by atoms with Crippen molar-refractivity contribution in [2.24, 2.45) is 23.2 Å². The Morgan fingerprint density at radius 3 is 1.94 bits per heavy atom. The van der Waals surface area contributed by atoms with E-state index >= 15 is 0 Å². The van der Waals surface area contributed by atoms with Crippen LogP contribution >= 0.6 is 0 Å². The Morgan fingerprint density at radius 2 is 1.38 bits per heavy atom. The van der Waals surface area contributed by atoms with E-state index in [0.717, 1.165) is 66.8 Å². The summed E-state index contributed by atoms with van der Waals surface area (Å²) < 4.78 is 6.77. The average Bonchev–Trinajstić information content (AvgIpc) is 2.76. The fourth-order valence-electron chi connectivity index (χ4n) is 6.33. The number of hydrogen-bond acceptors (Lipinski definition) is 2. The van der Waals surface area contributed by atoms with Crippen molar-refractivity contribution in [2.45, 2.75) is 151 Å². The van der Waals surface area contributed by atoms with Gasteiger partial charge in [-0.1, -0.05) is 86.0 Å². The number of carbonyl (C=O) groups is 1. The topological polar surface area (TPSA) is 26.3 Å². The zero-order chi connectivity index (χ0) is 25.5. The van der Waals surface area contributed by atoms with Gasteiger partial charge in [0.15, 0.2) is 5.78 Å². The molecule has 2 rings (SSSR count). The Morgan fingerprint density at radius 1 is 0.824 bits per heavy atom. The molecule has 196 valence electrons. The summed E-state index contributed by atoms with van der Waals surface area (Å²) in [6, 6.07) is 0. The average molecular weight is 473 g/mol. The summed E-state index contributed by atoms with van der Waals surface area (Å²) in [4.78, 5) is 13.2. The van der Waals surface area contributed by atoms with Gasteiger partial charge in [-0.3, -0.25) is 4.79 Å². The first-order valence-corrected chi connectivity index (χ1v) is 14.6. The molecule has 0 amide bonds. The monoisotopic (exact) mass is 472 g/mol. The van der Waals surface area contributed by atoms with Crippen molar-refractivity contribution in [2.75, 3.05) is 0 Å². The highest BCUT2D eigenvalue weighted by Gasteiger charge is 2.47. The summed E-state index contributed by atoms with van der Waals surface area (Å²) in [5, 5.41) is 0. The summed E-state index contributed by atoms with van der Waals surface area (Å²) in [6.07, 6.45) is 15.9. The van der Waals surface area contributed by atoms with E-state index in [1.54, 1.807) is 0 Å². The van der Waals surface area contributed by atoms with Crippen LogP contribution in [-0.2, 0) is 9.53 Å². The Balaban J connectivity index is 1.83. The molecule has 2 aliphatic rings. The zero-order valence-electron chi connectivity index (χ0n) is 24.2. The second-order valence-electron chi connectivity index (χ2n) is 12.9. The third-order valence-corrected chi connectivity index (χ3v) is 8.96. The molecule has 0 N–H and O–H groups in total. The molecule has 0 saturated heterocycles. The van der Waals surface area contributed by atoms with Gasteiger partial charge in [-0.2, -0.15) is 0 Å². The first-order chi connectivity index (χ1) is 15.9. The van der Waals surface area contributed by atoms with Crippen LogP contribution in [0.1, 0.15) is 146 Å². The van der Waals surface area contributed by atoms with Crippen molar-refractivity contribution in [3.8, 4) is 0 Å². The zero-order valence-corrected chi connectivity index (χ0v) is 24.2. The van der Waals surface area contributed by atoms with Gasteiger partial charge in [-0.25, -0.2) is 0 Å². The number of rotatable bonds is 14. The van der Waals surface area contributed by atoms with Crippen molar-refractivity contribution in [1.82, 2.24) is 0 Å². The molecule has 0 aromatic carbocycles. The van der Waals surface area contributed by atoms with E-state index < -0.39 is 0 Å².